The Morgan fingerprint density at radius 2 is 1.90 bits per heavy atom. The first-order valence-electron chi connectivity index (χ1n) is 6.57. The minimum absolute atomic E-state index is 0.121. The van der Waals surface area contributed by atoms with Gasteiger partial charge in [0, 0.05) is 11.8 Å². The van der Waals surface area contributed by atoms with Crippen molar-refractivity contribution in [2.75, 3.05) is 6.61 Å². The van der Waals surface area contributed by atoms with E-state index in [2.05, 4.69) is 5.10 Å². The predicted molar refractivity (Wildman–Crippen MR) is 80.8 cm³/mol. The van der Waals surface area contributed by atoms with Gasteiger partial charge in [-0.1, -0.05) is 0 Å². The van der Waals surface area contributed by atoms with Crippen molar-refractivity contribution in [3.05, 3.63) is 63.6 Å². The van der Waals surface area contributed by atoms with Gasteiger partial charge >= 0.3 is 0 Å². The highest BCUT2D eigenvalue weighted by Crippen LogP contribution is 2.10. The summed E-state index contributed by atoms with van der Waals surface area (Å²) in [4.78, 5) is 11.9. The SMILES string of the molecule is CCOc1ccc(/C=N/n2c(C)cc(C)cc2=O)cc1. The number of aryl methyl sites for hydroxylation is 2. The van der Waals surface area contributed by atoms with E-state index in [-0.39, 0.29) is 5.56 Å². The molecule has 1 aromatic carbocycles. The maximum Gasteiger partial charge on any atom is 0.271 e. The molecule has 104 valence electrons. The van der Waals surface area contributed by atoms with Gasteiger partial charge in [0.15, 0.2) is 0 Å². The Bertz CT molecular complexity index is 670. The Kier molecular flexibility index (Phi) is 4.35. The molecule has 4 nitrogen and oxygen atoms in total. The van der Waals surface area contributed by atoms with Crippen LogP contribution in [0.15, 0.2) is 46.3 Å². The molecule has 2 rings (SSSR count). The highest BCUT2D eigenvalue weighted by Gasteiger charge is 1.99. The summed E-state index contributed by atoms with van der Waals surface area (Å²) in [5, 5.41) is 4.23. The molecule has 0 spiro atoms. The standard InChI is InChI=1S/C16H18N2O2/c1-4-20-15-7-5-14(6-8-15)11-17-18-13(3)9-12(2)10-16(18)19/h5-11H,4H2,1-3H3/b17-11+. The minimum Gasteiger partial charge on any atom is -0.494 e. The van der Waals surface area contributed by atoms with Crippen molar-refractivity contribution in [2.45, 2.75) is 20.8 Å². The number of hydrogen-bond acceptors (Lipinski definition) is 3. The van der Waals surface area contributed by atoms with Gasteiger partial charge in [-0.05, 0) is 62.2 Å². The van der Waals surface area contributed by atoms with Gasteiger partial charge in [0.1, 0.15) is 5.75 Å². The lowest BCUT2D eigenvalue weighted by Crippen LogP contribution is -2.18. The molecule has 0 radical (unpaired) electrons. The Morgan fingerprint density at radius 1 is 1.20 bits per heavy atom. The molecule has 0 atom stereocenters. The average Bonchev–Trinajstić information content (AvgIpc) is 2.39. The second-order valence-electron chi connectivity index (χ2n) is 4.57. The van der Waals surface area contributed by atoms with Gasteiger partial charge in [0.25, 0.3) is 5.56 Å². The van der Waals surface area contributed by atoms with Crippen molar-refractivity contribution < 1.29 is 4.74 Å². The molecule has 4 heteroatoms. The van der Waals surface area contributed by atoms with Crippen molar-refractivity contribution >= 4 is 6.21 Å². The molecule has 0 saturated heterocycles. The summed E-state index contributed by atoms with van der Waals surface area (Å²) >= 11 is 0. The number of ether oxygens (including phenoxy) is 1. The van der Waals surface area contributed by atoms with Crippen LogP contribution in [0.1, 0.15) is 23.7 Å². The van der Waals surface area contributed by atoms with E-state index in [1.807, 2.05) is 51.1 Å². The van der Waals surface area contributed by atoms with Crippen LogP contribution in [0.5, 0.6) is 5.75 Å². The van der Waals surface area contributed by atoms with Crippen molar-refractivity contribution in [2.24, 2.45) is 5.10 Å². The number of aromatic nitrogens is 1. The lowest BCUT2D eigenvalue weighted by atomic mass is 10.2. The van der Waals surface area contributed by atoms with Crippen LogP contribution in [-0.2, 0) is 0 Å². The molecule has 0 aliphatic carbocycles. The first-order valence-corrected chi connectivity index (χ1v) is 6.57. The van der Waals surface area contributed by atoms with E-state index in [4.69, 9.17) is 4.74 Å². The van der Waals surface area contributed by atoms with Crippen LogP contribution in [0.3, 0.4) is 0 Å². The van der Waals surface area contributed by atoms with Crippen molar-refractivity contribution in [3.8, 4) is 5.75 Å². The first kappa shape index (κ1) is 14.1. The highest BCUT2D eigenvalue weighted by molar-refractivity contribution is 5.79. The molecule has 1 heterocycles. The fraction of sp³-hybridized carbons (Fsp3) is 0.250. The lowest BCUT2D eigenvalue weighted by Gasteiger charge is -2.04. The third-order valence-corrected chi connectivity index (χ3v) is 2.84. The Hall–Kier alpha value is -2.36. The number of rotatable bonds is 4. The molecule has 0 saturated carbocycles. The Morgan fingerprint density at radius 3 is 2.50 bits per heavy atom. The predicted octanol–water partition coefficient (Wildman–Crippen LogP) is 2.75. The number of hydrogen-bond donors (Lipinski definition) is 0. The molecule has 0 N–H and O–H groups in total. The maximum atomic E-state index is 11.9. The summed E-state index contributed by atoms with van der Waals surface area (Å²) in [7, 11) is 0. The second kappa shape index (κ2) is 6.19. The molecule has 2 aromatic rings. The van der Waals surface area contributed by atoms with Crippen LogP contribution >= 0.6 is 0 Å². The van der Waals surface area contributed by atoms with E-state index < -0.39 is 0 Å². The molecule has 0 bridgehead atoms. The zero-order chi connectivity index (χ0) is 14.5. The van der Waals surface area contributed by atoms with E-state index in [0.29, 0.717) is 6.61 Å². The first-order chi connectivity index (χ1) is 9.60. The topological polar surface area (TPSA) is 43.6 Å². The third kappa shape index (κ3) is 3.35. The smallest absolute Gasteiger partial charge is 0.271 e. The Labute approximate surface area is 118 Å². The van der Waals surface area contributed by atoms with Gasteiger partial charge in [-0.15, -0.1) is 0 Å². The van der Waals surface area contributed by atoms with Gasteiger partial charge < -0.3 is 4.74 Å². The zero-order valence-electron chi connectivity index (χ0n) is 12.0. The number of benzene rings is 1. The molecule has 0 amide bonds. The van der Waals surface area contributed by atoms with E-state index in [9.17, 15) is 4.79 Å². The van der Waals surface area contributed by atoms with Gasteiger partial charge in [-0.3, -0.25) is 4.79 Å². The average molecular weight is 270 g/mol. The summed E-state index contributed by atoms with van der Waals surface area (Å²) in [5.41, 5.74) is 2.56. The fourth-order valence-electron chi connectivity index (χ4n) is 1.95. The van der Waals surface area contributed by atoms with E-state index in [0.717, 1.165) is 22.6 Å². The second-order valence-corrected chi connectivity index (χ2v) is 4.57. The molecule has 1 aromatic heterocycles. The molecular formula is C16H18N2O2. The van der Waals surface area contributed by atoms with E-state index in [1.165, 1.54) is 4.68 Å². The van der Waals surface area contributed by atoms with Crippen molar-refractivity contribution in [3.63, 3.8) is 0 Å². The van der Waals surface area contributed by atoms with Crippen molar-refractivity contribution in [1.82, 2.24) is 4.68 Å². The fourth-order valence-corrected chi connectivity index (χ4v) is 1.95. The molecule has 20 heavy (non-hydrogen) atoms. The summed E-state index contributed by atoms with van der Waals surface area (Å²) in [6.07, 6.45) is 1.67. The zero-order valence-corrected chi connectivity index (χ0v) is 12.0. The highest BCUT2D eigenvalue weighted by atomic mass is 16.5. The molecule has 0 unspecified atom stereocenters. The monoisotopic (exact) mass is 270 g/mol. The van der Waals surface area contributed by atoms with Gasteiger partial charge in [-0.2, -0.15) is 5.10 Å². The van der Waals surface area contributed by atoms with Gasteiger partial charge in [0.2, 0.25) is 0 Å². The lowest BCUT2D eigenvalue weighted by molar-refractivity contribution is 0.340. The largest absolute Gasteiger partial charge is 0.494 e. The van der Waals surface area contributed by atoms with Crippen LogP contribution < -0.4 is 10.3 Å². The van der Waals surface area contributed by atoms with Crippen LogP contribution in [0.2, 0.25) is 0 Å². The van der Waals surface area contributed by atoms with E-state index in [1.54, 1.807) is 12.3 Å². The summed E-state index contributed by atoms with van der Waals surface area (Å²) in [6.45, 7) is 6.35. The molecule has 0 fully saturated rings. The van der Waals surface area contributed by atoms with Crippen LogP contribution in [0.25, 0.3) is 0 Å². The maximum absolute atomic E-state index is 11.9. The normalized spacial score (nSPS) is 10.9. The summed E-state index contributed by atoms with van der Waals surface area (Å²) < 4.78 is 6.77. The summed E-state index contributed by atoms with van der Waals surface area (Å²) in [5.74, 6) is 0.827. The molecule has 0 aliphatic rings. The van der Waals surface area contributed by atoms with Gasteiger partial charge in [-0.25, -0.2) is 4.68 Å². The number of nitrogens with zero attached hydrogens (tertiary/aromatic N) is 2. The quantitative estimate of drug-likeness (QED) is 0.802. The minimum atomic E-state index is -0.121. The molecule has 0 aliphatic heterocycles. The summed E-state index contributed by atoms with van der Waals surface area (Å²) in [6, 6.07) is 11.1. The Balaban J connectivity index is 2.23. The van der Waals surface area contributed by atoms with E-state index >= 15 is 0 Å². The molecular weight excluding hydrogens is 252 g/mol. The van der Waals surface area contributed by atoms with Gasteiger partial charge in [0.05, 0.1) is 12.8 Å². The third-order valence-electron chi connectivity index (χ3n) is 2.84. The van der Waals surface area contributed by atoms with Crippen molar-refractivity contribution in [1.29, 1.82) is 0 Å². The van der Waals surface area contributed by atoms with Crippen LogP contribution in [0.4, 0.5) is 0 Å². The van der Waals surface area contributed by atoms with Crippen LogP contribution in [0, 0.1) is 13.8 Å². The van der Waals surface area contributed by atoms with Crippen LogP contribution in [-0.4, -0.2) is 17.5 Å². The number of pyridine rings is 1.